The summed E-state index contributed by atoms with van der Waals surface area (Å²) in [7, 11) is 3.98. The quantitative estimate of drug-likeness (QED) is 0.775. The Balaban J connectivity index is 1.76. The Hall–Kier alpha value is -2.37. The van der Waals surface area contributed by atoms with Crippen LogP contribution in [0.3, 0.4) is 0 Å². The number of nitrogens with zero attached hydrogens (tertiary/aromatic N) is 3. The second-order valence-corrected chi connectivity index (χ2v) is 6.24. The van der Waals surface area contributed by atoms with Gasteiger partial charge in [0.25, 0.3) is 5.91 Å². The molecule has 2 heterocycles. The largest absolute Gasteiger partial charge is 0.349 e. The molecule has 1 aromatic carbocycles. The van der Waals surface area contributed by atoms with Crippen molar-refractivity contribution in [2.24, 2.45) is 0 Å². The van der Waals surface area contributed by atoms with E-state index in [1.165, 1.54) is 0 Å². The first kappa shape index (κ1) is 16.5. The summed E-state index contributed by atoms with van der Waals surface area (Å²) in [6.45, 7) is 0.499. The fourth-order valence-electron chi connectivity index (χ4n) is 2.70. The van der Waals surface area contributed by atoms with Gasteiger partial charge in [0.15, 0.2) is 0 Å². The molecule has 24 heavy (non-hydrogen) atoms. The maximum Gasteiger partial charge on any atom is 0.268 e. The average Bonchev–Trinajstić information content (AvgIpc) is 3.04. The SMILES string of the molecule is CN(C)C(CNC(=O)c1cccc2nccn12)c1ccc(Cl)cc1. The Labute approximate surface area is 145 Å². The highest BCUT2D eigenvalue weighted by Gasteiger charge is 2.17. The van der Waals surface area contributed by atoms with E-state index in [4.69, 9.17) is 11.6 Å². The second kappa shape index (κ2) is 7.03. The first-order valence-electron chi connectivity index (χ1n) is 7.68. The number of imidazole rings is 1. The van der Waals surface area contributed by atoms with Crippen LogP contribution in [0.1, 0.15) is 22.1 Å². The van der Waals surface area contributed by atoms with E-state index in [1.54, 1.807) is 22.9 Å². The number of amides is 1. The van der Waals surface area contributed by atoms with E-state index in [0.717, 1.165) is 11.2 Å². The van der Waals surface area contributed by atoms with Crippen molar-refractivity contribution in [3.63, 3.8) is 0 Å². The topological polar surface area (TPSA) is 49.6 Å². The molecular formula is C18H19ClN4O. The predicted octanol–water partition coefficient (Wildman–Crippen LogP) is 3.02. The van der Waals surface area contributed by atoms with Crippen LogP contribution in [0.2, 0.25) is 5.02 Å². The maximum atomic E-state index is 12.6. The van der Waals surface area contributed by atoms with Crippen molar-refractivity contribution in [1.82, 2.24) is 19.6 Å². The number of carbonyl (C=O) groups is 1. The summed E-state index contributed by atoms with van der Waals surface area (Å²) in [5.41, 5.74) is 2.42. The zero-order chi connectivity index (χ0) is 17.1. The number of benzene rings is 1. The third kappa shape index (κ3) is 3.42. The Morgan fingerprint density at radius 3 is 2.71 bits per heavy atom. The van der Waals surface area contributed by atoms with Gasteiger partial charge in [0, 0.05) is 24.0 Å². The molecule has 3 aromatic rings. The molecule has 0 aliphatic rings. The van der Waals surface area contributed by atoms with E-state index in [-0.39, 0.29) is 11.9 Å². The molecule has 0 saturated carbocycles. The zero-order valence-electron chi connectivity index (χ0n) is 13.6. The molecular weight excluding hydrogens is 324 g/mol. The fraction of sp³-hybridized carbons (Fsp3) is 0.222. The van der Waals surface area contributed by atoms with E-state index in [1.807, 2.05) is 50.5 Å². The van der Waals surface area contributed by atoms with E-state index in [2.05, 4.69) is 15.2 Å². The van der Waals surface area contributed by atoms with Crippen LogP contribution in [0.5, 0.6) is 0 Å². The van der Waals surface area contributed by atoms with Crippen LogP contribution in [-0.2, 0) is 0 Å². The van der Waals surface area contributed by atoms with Crippen molar-refractivity contribution in [2.45, 2.75) is 6.04 Å². The molecule has 6 heteroatoms. The third-order valence-corrected chi connectivity index (χ3v) is 4.25. The number of hydrogen-bond acceptors (Lipinski definition) is 3. The van der Waals surface area contributed by atoms with Crippen LogP contribution in [0, 0.1) is 0 Å². The van der Waals surface area contributed by atoms with E-state index < -0.39 is 0 Å². The van der Waals surface area contributed by atoms with E-state index >= 15 is 0 Å². The van der Waals surface area contributed by atoms with Gasteiger partial charge in [0.05, 0.1) is 6.04 Å². The predicted molar refractivity (Wildman–Crippen MR) is 95.4 cm³/mol. The van der Waals surface area contributed by atoms with Gasteiger partial charge in [-0.2, -0.15) is 0 Å². The summed E-state index contributed by atoms with van der Waals surface area (Å²) in [6.07, 6.45) is 3.47. The van der Waals surface area contributed by atoms with Crippen LogP contribution in [0.15, 0.2) is 54.9 Å². The summed E-state index contributed by atoms with van der Waals surface area (Å²) in [4.78, 5) is 18.8. The lowest BCUT2D eigenvalue weighted by Gasteiger charge is -2.25. The summed E-state index contributed by atoms with van der Waals surface area (Å²) in [5.74, 6) is -0.126. The molecule has 0 saturated heterocycles. The maximum absolute atomic E-state index is 12.6. The molecule has 124 valence electrons. The lowest BCUT2D eigenvalue weighted by Crippen LogP contribution is -2.35. The Morgan fingerprint density at radius 2 is 2.00 bits per heavy atom. The standard InChI is InChI=1S/C18H19ClN4O/c1-22(2)16(13-6-8-14(19)9-7-13)12-21-18(24)15-4-3-5-17-20-10-11-23(15)17/h3-11,16H,12H2,1-2H3,(H,21,24). The van der Waals surface area contributed by atoms with Crippen molar-refractivity contribution >= 4 is 23.2 Å². The van der Waals surface area contributed by atoms with Gasteiger partial charge in [-0.3, -0.25) is 9.20 Å². The number of nitrogens with one attached hydrogen (secondary N) is 1. The summed E-state index contributed by atoms with van der Waals surface area (Å²) >= 11 is 5.96. The third-order valence-electron chi connectivity index (χ3n) is 4.00. The number of likely N-dealkylation sites (N-methyl/N-ethyl adjacent to an activating group) is 1. The van der Waals surface area contributed by atoms with Crippen LogP contribution < -0.4 is 5.32 Å². The van der Waals surface area contributed by atoms with Gasteiger partial charge in [-0.1, -0.05) is 29.8 Å². The first-order valence-corrected chi connectivity index (χ1v) is 8.06. The van der Waals surface area contributed by atoms with Crippen LogP contribution in [0.4, 0.5) is 0 Å². The van der Waals surface area contributed by atoms with Crippen molar-refractivity contribution in [1.29, 1.82) is 0 Å². The molecule has 0 radical (unpaired) electrons. The van der Waals surface area contributed by atoms with E-state index in [0.29, 0.717) is 17.3 Å². The van der Waals surface area contributed by atoms with Gasteiger partial charge in [-0.25, -0.2) is 4.98 Å². The van der Waals surface area contributed by atoms with Crippen molar-refractivity contribution < 1.29 is 4.79 Å². The molecule has 1 N–H and O–H groups in total. The molecule has 0 spiro atoms. The molecule has 1 amide bonds. The minimum atomic E-state index is -0.126. The molecule has 0 aliphatic carbocycles. The average molecular weight is 343 g/mol. The molecule has 5 nitrogen and oxygen atoms in total. The van der Waals surface area contributed by atoms with Crippen molar-refractivity contribution in [3.8, 4) is 0 Å². The second-order valence-electron chi connectivity index (χ2n) is 5.81. The summed E-state index contributed by atoms with van der Waals surface area (Å²) < 4.78 is 1.78. The zero-order valence-corrected chi connectivity index (χ0v) is 14.4. The smallest absolute Gasteiger partial charge is 0.268 e. The van der Waals surface area contributed by atoms with Gasteiger partial charge in [0.2, 0.25) is 0 Å². The molecule has 1 unspecified atom stereocenters. The Kier molecular flexibility index (Phi) is 4.83. The van der Waals surface area contributed by atoms with Gasteiger partial charge in [0.1, 0.15) is 11.3 Å². The highest BCUT2D eigenvalue weighted by Crippen LogP contribution is 2.20. The summed E-state index contributed by atoms with van der Waals surface area (Å²) in [5, 5.41) is 3.71. The molecule has 2 aromatic heterocycles. The van der Waals surface area contributed by atoms with Crippen LogP contribution in [0.25, 0.3) is 5.65 Å². The minimum Gasteiger partial charge on any atom is -0.349 e. The number of carbonyl (C=O) groups excluding carboxylic acids is 1. The van der Waals surface area contributed by atoms with Crippen molar-refractivity contribution in [2.75, 3.05) is 20.6 Å². The highest BCUT2D eigenvalue weighted by molar-refractivity contribution is 6.30. The van der Waals surface area contributed by atoms with Crippen LogP contribution in [-0.4, -0.2) is 40.8 Å². The number of hydrogen-bond donors (Lipinski definition) is 1. The Morgan fingerprint density at radius 1 is 1.25 bits per heavy atom. The number of rotatable bonds is 5. The monoisotopic (exact) mass is 342 g/mol. The number of aromatic nitrogens is 2. The molecule has 0 bridgehead atoms. The highest BCUT2D eigenvalue weighted by atomic mass is 35.5. The normalized spacial score (nSPS) is 12.5. The lowest BCUT2D eigenvalue weighted by molar-refractivity contribution is 0.0935. The van der Waals surface area contributed by atoms with Crippen LogP contribution >= 0.6 is 11.6 Å². The summed E-state index contributed by atoms with van der Waals surface area (Å²) in [6, 6.07) is 13.2. The minimum absolute atomic E-state index is 0.0632. The first-order chi connectivity index (χ1) is 11.6. The molecule has 0 fully saturated rings. The molecule has 0 aliphatic heterocycles. The molecule has 3 rings (SSSR count). The van der Waals surface area contributed by atoms with Crippen molar-refractivity contribution in [3.05, 3.63) is 71.1 Å². The van der Waals surface area contributed by atoms with Gasteiger partial charge in [-0.15, -0.1) is 0 Å². The van der Waals surface area contributed by atoms with Gasteiger partial charge in [-0.05, 0) is 43.9 Å². The number of pyridine rings is 1. The number of fused-ring (bicyclic) bond motifs is 1. The Bertz CT molecular complexity index is 842. The number of halogens is 1. The lowest BCUT2D eigenvalue weighted by atomic mass is 10.1. The van der Waals surface area contributed by atoms with Gasteiger partial charge >= 0.3 is 0 Å². The van der Waals surface area contributed by atoms with Gasteiger partial charge < -0.3 is 10.2 Å². The molecule has 1 atom stereocenters. The van der Waals surface area contributed by atoms with E-state index in [9.17, 15) is 4.79 Å². The fourth-order valence-corrected chi connectivity index (χ4v) is 2.82.